The summed E-state index contributed by atoms with van der Waals surface area (Å²) < 4.78 is 2.42. The first-order valence-electron chi connectivity index (χ1n) is 26.0. The van der Waals surface area contributed by atoms with E-state index in [-0.39, 0.29) is 10.8 Å². The second-order valence-corrected chi connectivity index (χ2v) is 21.8. The summed E-state index contributed by atoms with van der Waals surface area (Å²) in [5.74, 6) is 0. The first-order valence-corrected chi connectivity index (χ1v) is 26.0. The van der Waals surface area contributed by atoms with Crippen LogP contribution in [0.15, 0.2) is 255 Å². The van der Waals surface area contributed by atoms with Crippen molar-refractivity contribution in [3.05, 3.63) is 266 Å². The molecule has 0 fully saturated rings. The Morgan fingerprint density at radius 1 is 0.297 bits per heavy atom. The second-order valence-electron chi connectivity index (χ2n) is 21.8. The van der Waals surface area contributed by atoms with Crippen molar-refractivity contribution >= 4 is 49.6 Å². The average Bonchev–Trinajstić information content (AvgIpc) is 3.77. The Labute approximate surface area is 436 Å². The van der Waals surface area contributed by atoms with E-state index in [0.29, 0.717) is 0 Å². The monoisotopic (exact) mass is 952 g/mol. The molecule has 0 unspecified atom stereocenters. The van der Waals surface area contributed by atoms with E-state index in [1.807, 2.05) is 0 Å². The van der Waals surface area contributed by atoms with Crippen LogP contribution in [0, 0.1) is 0 Å². The maximum absolute atomic E-state index is 2.54. The van der Waals surface area contributed by atoms with Gasteiger partial charge in [0.2, 0.25) is 0 Å². The fraction of sp³-hybridized carbons (Fsp3) is 0.111. The minimum Gasteiger partial charge on any atom is -0.309 e. The fourth-order valence-electron chi connectivity index (χ4n) is 11.0. The van der Waals surface area contributed by atoms with Gasteiger partial charge in [-0.05, 0) is 120 Å². The van der Waals surface area contributed by atoms with E-state index in [4.69, 9.17) is 0 Å². The molecule has 1 heterocycles. The molecule has 0 aliphatic heterocycles. The Morgan fingerprint density at radius 2 is 0.811 bits per heavy atom. The Balaban J connectivity index is 1.14. The minimum absolute atomic E-state index is 0.0287. The molecule has 0 radical (unpaired) electrons. The predicted molar refractivity (Wildman–Crippen MR) is 318 cm³/mol. The van der Waals surface area contributed by atoms with Gasteiger partial charge in [0.1, 0.15) is 0 Å². The molecule has 358 valence electrons. The van der Waals surface area contributed by atoms with Crippen molar-refractivity contribution in [2.45, 2.75) is 52.4 Å². The first kappa shape index (κ1) is 46.4. The lowest BCUT2D eigenvalue weighted by Gasteiger charge is -2.32. The zero-order chi connectivity index (χ0) is 50.6. The molecule has 0 amide bonds. The van der Waals surface area contributed by atoms with Crippen LogP contribution in [0.1, 0.15) is 52.7 Å². The van der Waals surface area contributed by atoms with E-state index in [0.717, 1.165) is 50.6 Å². The third-order valence-corrected chi connectivity index (χ3v) is 14.9. The lowest BCUT2D eigenvalue weighted by atomic mass is 9.78. The summed E-state index contributed by atoms with van der Waals surface area (Å²) in [4.78, 5) is 2.54. The van der Waals surface area contributed by atoms with Gasteiger partial charge < -0.3 is 9.47 Å². The number of benzene rings is 11. The standard InChI is InChI=1S/C72H60N2/c1-71(2,3)55-44-54(45-56(48-55)72(4,5)6)59-35-22-28-51-29-23-36-63(70(51)59)61-34-18-21-39-67(61)74(68-43-41-52(49-24-10-7-11-25-49)46-64(68)50-26-12-8-13-27-50)65-37-19-16-32-58(65)53-40-42-62-60-33-17-20-38-66(60)73(69(62)47-53)57-30-14-9-15-31-57/h7-48H,1-6H3. The molecule has 0 aliphatic carbocycles. The van der Waals surface area contributed by atoms with Crippen LogP contribution in [0.4, 0.5) is 17.1 Å². The molecule has 2 heteroatoms. The molecular weight excluding hydrogens is 893 g/mol. The molecule has 0 spiro atoms. The summed E-state index contributed by atoms with van der Waals surface area (Å²) in [6.07, 6.45) is 0. The molecule has 1 aromatic heterocycles. The van der Waals surface area contributed by atoms with Crippen LogP contribution >= 0.6 is 0 Å². The van der Waals surface area contributed by atoms with Crippen molar-refractivity contribution in [3.8, 4) is 61.3 Å². The largest absolute Gasteiger partial charge is 0.309 e. The maximum Gasteiger partial charge on any atom is 0.0547 e. The van der Waals surface area contributed by atoms with Crippen LogP contribution in [-0.4, -0.2) is 4.57 Å². The van der Waals surface area contributed by atoms with Crippen molar-refractivity contribution in [1.29, 1.82) is 0 Å². The summed E-state index contributed by atoms with van der Waals surface area (Å²) in [5, 5.41) is 4.91. The number of fused-ring (bicyclic) bond motifs is 4. The molecular formula is C72H60N2. The van der Waals surface area contributed by atoms with Crippen LogP contribution in [0.3, 0.4) is 0 Å². The minimum atomic E-state index is -0.0287. The number of nitrogens with zero attached hydrogens (tertiary/aromatic N) is 2. The number of hydrogen-bond donors (Lipinski definition) is 0. The van der Waals surface area contributed by atoms with E-state index in [9.17, 15) is 0 Å². The number of anilines is 3. The Morgan fingerprint density at radius 3 is 1.49 bits per heavy atom. The van der Waals surface area contributed by atoms with E-state index >= 15 is 0 Å². The van der Waals surface area contributed by atoms with E-state index in [1.165, 1.54) is 71.5 Å². The van der Waals surface area contributed by atoms with Gasteiger partial charge in [0, 0.05) is 33.2 Å². The molecule has 0 bridgehead atoms. The van der Waals surface area contributed by atoms with Crippen LogP contribution in [0.5, 0.6) is 0 Å². The molecule has 0 atom stereocenters. The molecule has 0 aliphatic rings. The fourth-order valence-corrected chi connectivity index (χ4v) is 11.0. The lowest BCUT2D eigenvalue weighted by molar-refractivity contribution is 0.569. The number of hydrogen-bond acceptors (Lipinski definition) is 1. The topological polar surface area (TPSA) is 8.17 Å². The Bertz CT molecular complexity index is 3980. The van der Waals surface area contributed by atoms with Crippen molar-refractivity contribution in [2.24, 2.45) is 0 Å². The summed E-state index contributed by atoms with van der Waals surface area (Å²) in [7, 11) is 0. The number of aromatic nitrogens is 1. The third-order valence-electron chi connectivity index (χ3n) is 14.9. The van der Waals surface area contributed by atoms with Crippen molar-refractivity contribution in [3.63, 3.8) is 0 Å². The van der Waals surface area contributed by atoms with Gasteiger partial charge in [-0.25, -0.2) is 0 Å². The highest BCUT2D eigenvalue weighted by molar-refractivity contribution is 6.12. The Hall–Kier alpha value is -8.72. The summed E-state index contributed by atoms with van der Waals surface area (Å²) >= 11 is 0. The normalized spacial score (nSPS) is 11.9. The summed E-state index contributed by atoms with van der Waals surface area (Å²) in [6.45, 7) is 14.0. The molecule has 0 saturated carbocycles. The van der Waals surface area contributed by atoms with Crippen molar-refractivity contribution < 1.29 is 0 Å². The van der Waals surface area contributed by atoms with Crippen LogP contribution < -0.4 is 4.90 Å². The second kappa shape index (κ2) is 18.7. The van der Waals surface area contributed by atoms with Crippen molar-refractivity contribution in [1.82, 2.24) is 4.57 Å². The van der Waals surface area contributed by atoms with E-state index in [1.54, 1.807) is 0 Å². The molecule has 12 rings (SSSR count). The lowest BCUT2D eigenvalue weighted by Crippen LogP contribution is -2.16. The molecule has 12 aromatic rings. The van der Waals surface area contributed by atoms with Gasteiger partial charge in [-0.2, -0.15) is 0 Å². The third kappa shape index (κ3) is 8.47. The highest BCUT2D eigenvalue weighted by atomic mass is 15.2. The highest BCUT2D eigenvalue weighted by Gasteiger charge is 2.27. The smallest absolute Gasteiger partial charge is 0.0547 e. The van der Waals surface area contributed by atoms with Gasteiger partial charge in [0.05, 0.1) is 28.1 Å². The first-order chi connectivity index (χ1) is 36.0. The highest BCUT2D eigenvalue weighted by Crippen LogP contribution is 2.51. The van der Waals surface area contributed by atoms with Gasteiger partial charge >= 0.3 is 0 Å². The maximum atomic E-state index is 2.54. The van der Waals surface area contributed by atoms with Gasteiger partial charge in [-0.1, -0.05) is 248 Å². The average molecular weight is 953 g/mol. The van der Waals surface area contributed by atoms with Gasteiger partial charge in [0.15, 0.2) is 0 Å². The van der Waals surface area contributed by atoms with Gasteiger partial charge in [-0.15, -0.1) is 0 Å². The number of rotatable bonds is 9. The zero-order valence-electron chi connectivity index (χ0n) is 43.1. The zero-order valence-corrected chi connectivity index (χ0v) is 43.1. The van der Waals surface area contributed by atoms with E-state index in [2.05, 4.69) is 306 Å². The summed E-state index contributed by atoms with van der Waals surface area (Å²) in [5.41, 5.74) is 21.1. The quantitative estimate of drug-likeness (QED) is 0.140. The van der Waals surface area contributed by atoms with Crippen LogP contribution in [0.25, 0.3) is 93.9 Å². The molecule has 0 N–H and O–H groups in total. The van der Waals surface area contributed by atoms with Gasteiger partial charge in [0.25, 0.3) is 0 Å². The Kier molecular flexibility index (Phi) is 11.7. The molecule has 11 aromatic carbocycles. The molecule has 2 nitrogen and oxygen atoms in total. The predicted octanol–water partition coefficient (Wildman–Crippen LogP) is 20.3. The van der Waals surface area contributed by atoms with E-state index < -0.39 is 0 Å². The summed E-state index contributed by atoms with van der Waals surface area (Å²) in [6, 6.07) is 94.3. The van der Waals surface area contributed by atoms with Crippen LogP contribution in [-0.2, 0) is 10.8 Å². The van der Waals surface area contributed by atoms with Gasteiger partial charge in [-0.3, -0.25) is 0 Å². The van der Waals surface area contributed by atoms with Crippen molar-refractivity contribution in [2.75, 3.05) is 4.90 Å². The van der Waals surface area contributed by atoms with Crippen LogP contribution in [0.2, 0.25) is 0 Å². The number of para-hydroxylation sites is 4. The molecule has 74 heavy (non-hydrogen) atoms. The SMILES string of the molecule is CC(C)(C)c1cc(-c2cccc3cccc(-c4ccccc4N(c4ccccc4-c4ccc5c6ccccc6n(-c6ccccc6)c5c4)c4ccc(-c5ccccc5)cc4-c4ccccc4)c23)cc(C(C)(C)C)c1. The molecule has 0 saturated heterocycles.